The minimum Gasteiger partial charge on any atom is -0.463 e. The van der Waals surface area contributed by atoms with Crippen molar-refractivity contribution in [2.75, 3.05) is 0 Å². The van der Waals surface area contributed by atoms with Crippen LogP contribution in [0.4, 0.5) is 0 Å². The fourth-order valence-electron chi connectivity index (χ4n) is 2.43. The Kier molecular flexibility index (Phi) is 4.84. The smallest absolute Gasteiger partial charge is 0.206 e. The van der Waals surface area contributed by atoms with Gasteiger partial charge >= 0.3 is 0 Å². The van der Waals surface area contributed by atoms with Crippen LogP contribution in [0.1, 0.15) is 11.3 Å². The molecule has 4 aromatic rings. The minimum atomic E-state index is 0.595. The molecule has 0 radical (unpaired) electrons. The molecule has 5 nitrogen and oxygen atoms in total. The predicted octanol–water partition coefficient (Wildman–Crippen LogP) is 4.19. The van der Waals surface area contributed by atoms with Crippen LogP contribution < -0.4 is 4.80 Å². The molecule has 26 heavy (non-hydrogen) atoms. The molecule has 0 saturated heterocycles. The van der Waals surface area contributed by atoms with E-state index >= 15 is 0 Å². The normalized spacial score (nSPS) is 12.1. The molecule has 6 heteroatoms. The predicted molar refractivity (Wildman–Crippen MR) is 103 cm³/mol. The quantitative estimate of drug-likeness (QED) is 0.501. The van der Waals surface area contributed by atoms with E-state index in [0.717, 1.165) is 27.5 Å². The number of hydrogen-bond donors (Lipinski definition) is 0. The van der Waals surface area contributed by atoms with E-state index in [1.165, 1.54) is 11.3 Å². The van der Waals surface area contributed by atoms with Gasteiger partial charge in [0.25, 0.3) is 0 Å². The van der Waals surface area contributed by atoms with Crippen molar-refractivity contribution in [3.63, 3.8) is 0 Å². The standard InChI is InChI=1S/C20H16N4OS/c1-2-7-16(8-3-1)13-22-20-24(23-14-17-9-4-5-11-21-17)18(15-26-20)19-10-6-12-25-19/h1-12,14-15H,13H2. The second kappa shape index (κ2) is 7.76. The van der Waals surface area contributed by atoms with Gasteiger partial charge in [0.05, 0.1) is 24.7 Å². The zero-order chi connectivity index (χ0) is 17.6. The summed E-state index contributed by atoms with van der Waals surface area (Å²) in [6, 6.07) is 19.6. The topological polar surface area (TPSA) is 55.7 Å². The Balaban J connectivity index is 1.73. The lowest BCUT2D eigenvalue weighted by molar-refractivity contribution is 0.575. The molecule has 0 aliphatic carbocycles. The maximum absolute atomic E-state index is 5.54. The highest BCUT2D eigenvalue weighted by Crippen LogP contribution is 2.20. The van der Waals surface area contributed by atoms with Crippen LogP contribution in [0.25, 0.3) is 11.5 Å². The SMILES string of the molecule is C(=Nn1c(-c2ccco2)csc1=NCc1ccccc1)c1ccccn1. The van der Waals surface area contributed by atoms with Gasteiger partial charge in [-0.15, -0.1) is 11.3 Å². The first-order valence-corrected chi connectivity index (χ1v) is 9.02. The zero-order valence-corrected chi connectivity index (χ0v) is 14.7. The van der Waals surface area contributed by atoms with Crippen LogP contribution in [0.3, 0.4) is 0 Å². The molecule has 0 aliphatic rings. The third kappa shape index (κ3) is 3.70. The van der Waals surface area contributed by atoms with Gasteiger partial charge in [0.1, 0.15) is 5.69 Å². The van der Waals surface area contributed by atoms with Gasteiger partial charge in [-0.1, -0.05) is 36.4 Å². The molecule has 1 aromatic carbocycles. The average Bonchev–Trinajstić information content (AvgIpc) is 3.36. The lowest BCUT2D eigenvalue weighted by Crippen LogP contribution is -2.12. The molecule has 4 rings (SSSR count). The molecule has 0 amide bonds. The van der Waals surface area contributed by atoms with E-state index in [4.69, 9.17) is 9.41 Å². The van der Waals surface area contributed by atoms with Gasteiger partial charge in [-0.25, -0.2) is 4.68 Å². The number of rotatable bonds is 5. The molecule has 0 saturated carbocycles. The molecule has 3 heterocycles. The Bertz CT molecular complexity index is 1050. The first kappa shape index (κ1) is 16.2. The minimum absolute atomic E-state index is 0.595. The fraction of sp³-hybridized carbons (Fsp3) is 0.0500. The second-order valence-corrected chi connectivity index (χ2v) is 6.33. The van der Waals surface area contributed by atoms with Crippen LogP contribution >= 0.6 is 11.3 Å². The maximum Gasteiger partial charge on any atom is 0.206 e. The Labute approximate surface area is 154 Å². The summed E-state index contributed by atoms with van der Waals surface area (Å²) >= 11 is 1.53. The highest BCUT2D eigenvalue weighted by atomic mass is 32.1. The summed E-state index contributed by atoms with van der Waals surface area (Å²) in [5.74, 6) is 0.751. The van der Waals surface area contributed by atoms with Crippen LogP contribution in [0.2, 0.25) is 0 Å². The first-order valence-electron chi connectivity index (χ1n) is 8.14. The van der Waals surface area contributed by atoms with Gasteiger partial charge in [-0.3, -0.25) is 9.98 Å². The van der Waals surface area contributed by atoms with Crippen molar-refractivity contribution < 1.29 is 4.42 Å². The molecule has 0 bridgehead atoms. The average molecular weight is 360 g/mol. The number of hydrogen-bond acceptors (Lipinski definition) is 5. The van der Waals surface area contributed by atoms with Crippen molar-refractivity contribution >= 4 is 17.6 Å². The summed E-state index contributed by atoms with van der Waals surface area (Å²) in [4.78, 5) is 9.80. The van der Waals surface area contributed by atoms with Gasteiger partial charge in [-0.2, -0.15) is 5.10 Å². The van der Waals surface area contributed by atoms with Crippen LogP contribution in [-0.2, 0) is 6.54 Å². The number of furan rings is 1. The van der Waals surface area contributed by atoms with E-state index < -0.39 is 0 Å². The van der Waals surface area contributed by atoms with E-state index in [1.54, 1.807) is 23.4 Å². The first-order chi connectivity index (χ1) is 12.9. The summed E-state index contributed by atoms with van der Waals surface area (Å²) in [5.41, 5.74) is 2.80. The van der Waals surface area contributed by atoms with E-state index in [0.29, 0.717) is 6.54 Å². The molecular weight excluding hydrogens is 344 g/mol. The van der Waals surface area contributed by atoms with Crippen molar-refractivity contribution in [1.29, 1.82) is 0 Å². The van der Waals surface area contributed by atoms with E-state index in [-0.39, 0.29) is 0 Å². The van der Waals surface area contributed by atoms with Crippen molar-refractivity contribution in [2.24, 2.45) is 10.1 Å². The van der Waals surface area contributed by atoms with Crippen LogP contribution in [-0.4, -0.2) is 15.9 Å². The van der Waals surface area contributed by atoms with E-state index in [9.17, 15) is 0 Å². The third-order valence-corrected chi connectivity index (χ3v) is 4.55. The number of nitrogens with zero attached hydrogens (tertiary/aromatic N) is 4. The number of thiazole rings is 1. The number of pyridine rings is 1. The lowest BCUT2D eigenvalue weighted by atomic mass is 10.2. The monoisotopic (exact) mass is 360 g/mol. The van der Waals surface area contributed by atoms with Crippen molar-refractivity contribution in [3.8, 4) is 11.5 Å². The van der Waals surface area contributed by atoms with Gasteiger partial charge < -0.3 is 4.42 Å². The van der Waals surface area contributed by atoms with Gasteiger partial charge in [0.15, 0.2) is 5.76 Å². The van der Waals surface area contributed by atoms with Gasteiger partial charge in [-0.05, 0) is 29.8 Å². The highest BCUT2D eigenvalue weighted by molar-refractivity contribution is 7.07. The Morgan fingerprint density at radius 2 is 1.92 bits per heavy atom. The van der Waals surface area contributed by atoms with Gasteiger partial charge in [0.2, 0.25) is 4.80 Å². The summed E-state index contributed by atoms with van der Waals surface area (Å²) in [7, 11) is 0. The molecule has 0 N–H and O–H groups in total. The molecule has 3 aromatic heterocycles. The van der Waals surface area contributed by atoms with Crippen molar-refractivity contribution in [2.45, 2.75) is 6.54 Å². The van der Waals surface area contributed by atoms with E-state index in [2.05, 4.69) is 22.2 Å². The zero-order valence-electron chi connectivity index (χ0n) is 13.9. The lowest BCUT2D eigenvalue weighted by Gasteiger charge is -2.00. The second-order valence-electron chi connectivity index (χ2n) is 5.49. The third-order valence-electron chi connectivity index (χ3n) is 3.69. The Morgan fingerprint density at radius 3 is 2.69 bits per heavy atom. The molecule has 0 spiro atoms. The number of aromatic nitrogens is 2. The summed E-state index contributed by atoms with van der Waals surface area (Å²) < 4.78 is 7.34. The van der Waals surface area contributed by atoms with Crippen LogP contribution in [0.15, 0.2) is 93.0 Å². The molecule has 0 unspecified atom stereocenters. The van der Waals surface area contributed by atoms with Crippen molar-refractivity contribution in [3.05, 3.63) is 94.6 Å². The fourth-order valence-corrected chi connectivity index (χ4v) is 3.24. The van der Waals surface area contributed by atoms with Crippen LogP contribution in [0.5, 0.6) is 0 Å². The molecule has 128 valence electrons. The Hall–Kier alpha value is -3.25. The summed E-state index contributed by atoms with van der Waals surface area (Å²) in [6.07, 6.45) is 5.12. The largest absolute Gasteiger partial charge is 0.463 e. The maximum atomic E-state index is 5.54. The summed E-state index contributed by atoms with van der Waals surface area (Å²) in [5, 5.41) is 6.59. The number of benzene rings is 1. The van der Waals surface area contributed by atoms with E-state index in [1.807, 2.05) is 53.9 Å². The molecular formula is C20H16N4OS. The van der Waals surface area contributed by atoms with Gasteiger partial charge in [0, 0.05) is 11.6 Å². The summed E-state index contributed by atoms with van der Waals surface area (Å²) in [6.45, 7) is 0.595. The highest BCUT2D eigenvalue weighted by Gasteiger charge is 2.09. The molecule has 0 atom stereocenters. The van der Waals surface area contributed by atoms with Crippen molar-refractivity contribution in [1.82, 2.24) is 9.66 Å². The molecule has 0 fully saturated rings. The van der Waals surface area contributed by atoms with Crippen LogP contribution in [0, 0.1) is 0 Å². The Morgan fingerprint density at radius 1 is 1.04 bits per heavy atom. The molecule has 0 aliphatic heterocycles.